The summed E-state index contributed by atoms with van der Waals surface area (Å²) in [6.45, 7) is 2.65. The molecule has 9 nitrogen and oxygen atoms in total. The molecule has 1 aliphatic heterocycles. The minimum absolute atomic E-state index is 0.219. The van der Waals surface area contributed by atoms with Crippen molar-refractivity contribution in [2.75, 3.05) is 13.7 Å². The fourth-order valence-corrected chi connectivity index (χ4v) is 5.64. The van der Waals surface area contributed by atoms with Gasteiger partial charge in [-0.25, -0.2) is 9.18 Å². The van der Waals surface area contributed by atoms with Crippen LogP contribution in [0.5, 0.6) is 0 Å². The predicted octanol–water partition coefficient (Wildman–Crippen LogP) is 4.70. The summed E-state index contributed by atoms with van der Waals surface area (Å²) in [6.07, 6.45) is 0. The van der Waals surface area contributed by atoms with E-state index in [0.717, 1.165) is 22.6 Å². The molecule has 39 heavy (non-hydrogen) atoms. The van der Waals surface area contributed by atoms with Crippen molar-refractivity contribution >= 4 is 23.3 Å². The van der Waals surface area contributed by atoms with Crippen molar-refractivity contribution in [3.05, 3.63) is 111 Å². The van der Waals surface area contributed by atoms with E-state index in [1.165, 1.54) is 50.4 Å². The molecule has 202 valence electrons. The summed E-state index contributed by atoms with van der Waals surface area (Å²) in [4.78, 5) is 53.1. The zero-order chi connectivity index (χ0) is 28.5. The van der Waals surface area contributed by atoms with Crippen molar-refractivity contribution in [1.82, 2.24) is 4.90 Å². The Labute approximate surface area is 224 Å². The lowest BCUT2D eigenvalue weighted by Gasteiger charge is -2.37. The van der Waals surface area contributed by atoms with Crippen LogP contribution in [0.25, 0.3) is 0 Å². The highest BCUT2D eigenvalue weighted by Gasteiger charge is 2.64. The molecule has 1 N–H and O–H groups in total. The van der Waals surface area contributed by atoms with Crippen molar-refractivity contribution < 1.29 is 33.5 Å². The molecule has 0 radical (unpaired) electrons. The molecule has 4 unspecified atom stereocenters. The summed E-state index contributed by atoms with van der Waals surface area (Å²) in [7, 11) is 1.28. The first kappa shape index (κ1) is 27.6. The van der Waals surface area contributed by atoms with Gasteiger partial charge in [-0.2, -0.15) is 0 Å². The number of carbonyl (C=O) groups is 3. The number of nitro benzene ring substituents is 1. The molecule has 3 aromatic carbocycles. The zero-order valence-electron chi connectivity index (χ0n) is 21.5. The summed E-state index contributed by atoms with van der Waals surface area (Å²) in [6, 6.07) is 16.1. The number of methoxy groups -OCH3 is 1. The highest BCUT2D eigenvalue weighted by molar-refractivity contribution is 6.02. The number of benzene rings is 3. The van der Waals surface area contributed by atoms with E-state index in [9.17, 15) is 34.0 Å². The van der Waals surface area contributed by atoms with E-state index in [0.29, 0.717) is 5.56 Å². The van der Waals surface area contributed by atoms with E-state index in [-0.39, 0.29) is 16.8 Å². The Balaban J connectivity index is 2.07. The number of carbonyl (C=O) groups excluding carboxylic acids is 2. The van der Waals surface area contributed by atoms with Crippen LogP contribution in [0.15, 0.2) is 72.8 Å². The molecule has 0 spiro atoms. The fourth-order valence-electron chi connectivity index (χ4n) is 5.64. The summed E-state index contributed by atoms with van der Waals surface area (Å²) in [5.41, 5.74) is -0.663. The first-order valence-electron chi connectivity index (χ1n) is 12.2. The van der Waals surface area contributed by atoms with Gasteiger partial charge in [-0.1, -0.05) is 48.0 Å². The number of Topliss-reactive ketones (excluding diaryl/α,β-unsaturated/α-hetero) is 1. The van der Waals surface area contributed by atoms with Gasteiger partial charge in [-0.05, 0) is 43.2 Å². The molecule has 1 saturated heterocycles. The third kappa shape index (κ3) is 4.90. The van der Waals surface area contributed by atoms with Crippen molar-refractivity contribution in [2.45, 2.75) is 31.3 Å². The van der Waals surface area contributed by atoms with Crippen LogP contribution in [0, 0.1) is 28.8 Å². The Bertz CT molecular complexity index is 1440. The van der Waals surface area contributed by atoms with Crippen molar-refractivity contribution in [2.24, 2.45) is 5.92 Å². The van der Waals surface area contributed by atoms with Gasteiger partial charge in [0.1, 0.15) is 18.0 Å². The quantitative estimate of drug-likeness (QED) is 0.252. The number of non-ortho nitro benzene ring substituents is 1. The predicted molar refractivity (Wildman–Crippen MR) is 139 cm³/mol. The van der Waals surface area contributed by atoms with Crippen LogP contribution in [0.1, 0.15) is 45.9 Å². The second-order valence-corrected chi connectivity index (χ2v) is 9.74. The molecule has 0 aliphatic carbocycles. The number of amides is 1. The monoisotopic (exact) mass is 534 g/mol. The van der Waals surface area contributed by atoms with Gasteiger partial charge in [0.2, 0.25) is 5.91 Å². The smallest absolute Gasteiger partial charge is 0.330 e. The van der Waals surface area contributed by atoms with E-state index >= 15 is 0 Å². The molecular formula is C29H27FN2O7. The van der Waals surface area contributed by atoms with Crippen molar-refractivity contribution in [1.29, 1.82) is 0 Å². The average Bonchev–Trinajstić information content (AvgIpc) is 3.19. The first-order valence-corrected chi connectivity index (χ1v) is 12.2. The normalized spacial score (nSPS) is 22.5. The number of ketones is 1. The van der Waals surface area contributed by atoms with E-state index < -0.39 is 58.4 Å². The highest BCUT2D eigenvalue weighted by Crippen LogP contribution is 2.56. The van der Waals surface area contributed by atoms with E-state index in [2.05, 4.69) is 0 Å². The van der Waals surface area contributed by atoms with Crippen molar-refractivity contribution in [3.8, 4) is 0 Å². The van der Waals surface area contributed by atoms with Gasteiger partial charge in [0.25, 0.3) is 5.69 Å². The van der Waals surface area contributed by atoms with Gasteiger partial charge in [-0.15, -0.1) is 0 Å². The molecule has 10 heteroatoms. The van der Waals surface area contributed by atoms with Gasteiger partial charge < -0.3 is 14.7 Å². The first-order chi connectivity index (χ1) is 18.5. The van der Waals surface area contributed by atoms with Gasteiger partial charge in [-0.3, -0.25) is 19.7 Å². The van der Waals surface area contributed by atoms with Crippen LogP contribution in [0.3, 0.4) is 0 Å². The number of rotatable bonds is 8. The van der Waals surface area contributed by atoms with E-state index in [1.54, 1.807) is 31.2 Å². The number of halogens is 1. The second-order valence-electron chi connectivity index (χ2n) is 9.74. The molecular weight excluding hydrogens is 507 g/mol. The van der Waals surface area contributed by atoms with Crippen LogP contribution in [-0.2, 0) is 14.3 Å². The van der Waals surface area contributed by atoms with Crippen LogP contribution in [0.4, 0.5) is 10.1 Å². The molecule has 1 aliphatic rings. The highest BCUT2D eigenvalue weighted by atomic mass is 19.1. The number of nitro groups is 1. The maximum absolute atomic E-state index is 14.3. The number of likely N-dealkylation sites (tertiary alicyclic amines) is 1. The summed E-state index contributed by atoms with van der Waals surface area (Å²) >= 11 is 0. The van der Waals surface area contributed by atoms with Gasteiger partial charge in [0.15, 0.2) is 5.78 Å². The van der Waals surface area contributed by atoms with Crippen LogP contribution < -0.4 is 0 Å². The molecule has 1 heterocycles. The maximum atomic E-state index is 14.3. The largest absolute Gasteiger partial charge is 0.479 e. The lowest BCUT2D eigenvalue weighted by molar-refractivity contribution is -0.385. The Morgan fingerprint density at radius 2 is 1.72 bits per heavy atom. The number of aliphatic carboxylic acids is 1. The van der Waals surface area contributed by atoms with E-state index in [1.807, 2.05) is 0 Å². The summed E-state index contributed by atoms with van der Waals surface area (Å²) < 4.78 is 19.0. The topological polar surface area (TPSA) is 127 Å². The lowest BCUT2D eigenvalue weighted by atomic mass is 9.71. The minimum atomic E-state index is -2.01. The number of carboxylic acid groups (broad SMARTS) is 1. The number of aryl methyl sites for hydroxylation is 1. The molecule has 1 fully saturated rings. The third-order valence-electron chi connectivity index (χ3n) is 7.31. The van der Waals surface area contributed by atoms with Gasteiger partial charge in [0, 0.05) is 30.7 Å². The molecule has 1 amide bonds. The molecule has 4 rings (SSSR count). The molecule has 3 aromatic rings. The van der Waals surface area contributed by atoms with Crippen molar-refractivity contribution in [3.63, 3.8) is 0 Å². The van der Waals surface area contributed by atoms with Gasteiger partial charge >= 0.3 is 5.97 Å². The van der Waals surface area contributed by atoms with Gasteiger partial charge in [0.05, 0.1) is 16.9 Å². The zero-order valence-corrected chi connectivity index (χ0v) is 21.5. The Hall–Kier alpha value is -4.44. The van der Waals surface area contributed by atoms with Crippen LogP contribution in [-0.4, -0.2) is 51.8 Å². The molecule has 4 atom stereocenters. The Kier molecular flexibility index (Phi) is 7.60. The Morgan fingerprint density at radius 1 is 1.05 bits per heavy atom. The standard InChI is InChI=1S/C29H27FN2O7/c1-17-6-4-8-20(14-17)27(34)24-25(18-10-12-21(30)13-11-18)29(2,28(35)36)31(23(33)16-39-3)26(24)19-7-5-9-22(15-19)32(37)38/h4-15,24-26H,16H2,1-3H3,(H,35,36). The lowest BCUT2D eigenvalue weighted by Crippen LogP contribution is -2.55. The minimum Gasteiger partial charge on any atom is -0.479 e. The molecule has 0 aromatic heterocycles. The fraction of sp³-hybridized carbons (Fsp3) is 0.276. The van der Waals surface area contributed by atoms with Crippen LogP contribution >= 0.6 is 0 Å². The number of hydrogen-bond donors (Lipinski definition) is 1. The summed E-state index contributed by atoms with van der Waals surface area (Å²) in [5, 5.41) is 22.3. The SMILES string of the molecule is COCC(=O)N1C(c2cccc([N+](=O)[O-])c2)C(C(=O)c2cccc(C)c2)C(c2ccc(F)cc2)C1(C)C(=O)O. The maximum Gasteiger partial charge on any atom is 0.330 e. The summed E-state index contributed by atoms with van der Waals surface area (Å²) in [5.74, 6) is -5.46. The number of ether oxygens (including phenoxy) is 1. The molecule has 0 bridgehead atoms. The molecule has 0 saturated carbocycles. The number of nitrogens with zero attached hydrogens (tertiary/aromatic N) is 2. The van der Waals surface area contributed by atoms with E-state index in [4.69, 9.17) is 4.74 Å². The Morgan fingerprint density at radius 3 is 2.31 bits per heavy atom. The average molecular weight is 535 g/mol. The number of hydrogen-bond acceptors (Lipinski definition) is 6. The number of carboxylic acids is 1. The van der Waals surface area contributed by atoms with Crippen LogP contribution in [0.2, 0.25) is 0 Å². The second kappa shape index (κ2) is 10.7. The third-order valence-corrected chi connectivity index (χ3v) is 7.31.